The Morgan fingerprint density at radius 2 is 2.50 bits per heavy atom. The molecule has 0 aromatic carbocycles. The molecule has 7 heteroatoms. The quantitative estimate of drug-likeness (QED) is 0.590. The maximum absolute atomic E-state index is 10.8. The van der Waals surface area contributed by atoms with Crippen LogP contribution in [0.4, 0.5) is 5.82 Å². The molecule has 0 N–H and O–H groups in total. The van der Waals surface area contributed by atoms with E-state index in [4.69, 9.17) is 9.47 Å². The highest BCUT2D eigenvalue weighted by molar-refractivity contribution is 5.18. The van der Waals surface area contributed by atoms with Crippen LogP contribution in [0.1, 0.15) is 25.1 Å². The summed E-state index contributed by atoms with van der Waals surface area (Å²) < 4.78 is 12.5. The highest BCUT2D eigenvalue weighted by Crippen LogP contribution is 2.16. The van der Waals surface area contributed by atoms with Crippen LogP contribution in [-0.4, -0.2) is 34.0 Å². The summed E-state index contributed by atoms with van der Waals surface area (Å²) in [6.07, 6.45) is 4.18. The van der Waals surface area contributed by atoms with Crippen LogP contribution in [0.2, 0.25) is 0 Å². The van der Waals surface area contributed by atoms with Crippen LogP contribution in [0, 0.1) is 17.0 Å². The van der Waals surface area contributed by atoms with Gasteiger partial charge in [0.15, 0.2) is 12.1 Å². The smallest absolute Gasteiger partial charge is 0.342 e. The lowest BCUT2D eigenvalue weighted by Crippen LogP contribution is -2.24. The van der Waals surface area contributed by atoms with Gasteiger partial charge in [-0.1, -0.05) is 0 Å². The van der Waals surface area contributed by atoms with Crippen molar-refractivity contribution in [2.75, 3.05) is 13.2 Å². The Bertz CT molecular complexity index is 412. The number of aryl methyl sites for hydroxylation is 1. The topological polar surface area (TPSA) is 79.4 Å². The molecular formula is C11H17N3O4. The molecular weight excluding hydrogens is 238 g/mol. The van der Waals surface area contributed by atoms with Gasteiger partial charge < -0.3 is 19.6 Å². The summed E-state index contributed by atoms with van der Waals surface area (Å²) in [5.41, 5.74) is 0. The van der Waals surface area contributed by atoms with Gasteiger partial charge in [0, 0.05) is 13.5 Å². The maximum Gasteiger partial charge on any atom is 0.342 e. The molecule has 0 amide bonds. The number of nitro groups is 1. The molecule has 2 heterocycles. The van der Waals surface area contributed by atoms with E-state index in [-0.39, 0.29) is 12.1 Å². The molecule has 7 nitrogen and oxygen atoms in total. The highest BCUT2D eigenvalue weighted by atomic mass is 16.7. The summed E-state index contributed by atoms with van der Waals surface area (Å²) in [6.45, 7) is 3.28. The van der Waals surface area contributed by atoms with E-state index in [1.54, 1.807) is 11.5 Å². The van der Waals surface area contributed by atoms with Crippen molar-refractivity contribution in [3.05, 3.63) is 22.1 Å². The second-order valence-corrected chi connectivity index (χ2v) is 4.24. The van der Waals surface area contributed by atoms with E-state index in [1.807, 2.05) is 0 Å². The van der Waals surface area contributed by atoms with E-state index >= 15 is 0 Å². The van der Waals surface area contributed by atoms with Gasteiger partial charge in [-0.15, -0.1) is 0 Å². The molecule has 1 aliphatic rings. The predicted octanol–water partition coefficient (Wildman–Crippen LogP) is 1.64. The fourth-order valence-electron chi connectivity index (χ4n) is 2.00. The molecule has 0 saturated carbocycles. The van der Waals surface area contributed by atoms with E-state index < -0.39 is 4.92 Å². The fraction of sp³-hybridized carbons (Fsp3) is 0.727. The lowest BCUT2D eigenvalue weighted by molar-refractivity contribution is -0.392. The van der Waals surface area contributed by atoms with Gasteiger partial charge in [-0.3, -0.25) is 0 Å². The van der Waals surface area contributed by atoms with Crippen molar-refractivity contribution in [3.8, 4) is 0 Å². The first kappa shape index (κ1) is 13.0. The molecule has 1 atom stereocenters. The minimum absolute atomic E-state index is 0.000613. The lowest BCUT2D eigenvalue weighted by Gasteiger charge is -2.22. The molecule has 1 fully saturated rings. The van der Waals surface area contributed by atoms with Gasteiger partial charge in [-0.05, 0) is 24.2 Å². The van der Waals surface area contributed by atoms with Crippen LogP contribution in [0.5, 0.6) is 0 Å². The molecule has 100 valence electrons. The molecule has 0 unspecified atom stereocenters. The molecule has 1 aromatic rings. The van der Waals surface area contributed by atoms with Gasteiger partial charge in [0.25, 0.3) is 0 Å². The second-order valence-electron chi connectivity index (χ2n) is 4.24. The van der Waals surface area contributed by atoms with Gasteiger partial charge in [0.2, 0.25) is 0 Å². The molecule has 0 radical (unpaired) electrons. The largest absolute Gasteiger partial charge is 0.358 e. The summed E-state index contributed by atoms with van der Waals surface area (Å²) in [4.78, 5) is 14.3. The predicted molar refractivity (Wildman–Crippen MR) is 63.2 cm³/mol. The first-order chi connectivity index (χ1) is 8.68. The standard InChI is InChI=1S/C11H17N3O4/c1-9-12-8-10(14(15)16)13(9)5-7-18-11-4-2-3-6-17-11/h8,11H,2-7H2,1H3/t11-/m0/s1. The minimum atomic E-state index is -0.433. The van der Waals surface area contributed by atoms with Crippen molar-refractivity contribution in [2.45, 2.75) is 39.0 Å². The summed E-state index contributed by atoms with van der Waals surface area (Å²) >= 11 is 0. The fourth-order valence-corrected chi connectivity index (χ4v) is 2.00. The number of hydrogen-bond donors (Lipinski definition) is 0. The van der Waals surface area contributed by atoms with Gasteiger partial charge in [-0.2, -0.15) is 0 Å². The Morgan fingerprint density at radius 3 is 3.17 bits per heavy atom. The summed E-state index contributed by atoms with van der Waals surface area (Å²) in [6, 6.07) is 0. The third-order valence-electron chi connectivity index (χ3n) is 2.98. The van der Waals surface area contributed by atoms with Crippen molar-refractivity contribution >= 4 is 5.82 Å². The summed E-state index contributed by atoms with van der Waals surface area (Å²) in [7, 11) is 0. The van der Waals surface area contributed by atoms with Crippen LogP contribution < -0.4 is 0 Å². The SMILES string of the molecule is Cc1ncc([N+](=O)[O-])n1CCO[C@H]1CCCCO1. The minimum Gasteiger partial charge on any atom is -0.358 e. The molecule has 2 rings (SSSR count). The van der Waals surface area contributed by atoms with E-state index in [2.05, 4.69) is 4.98 Å². The number of aromatic nitrogens is 2. The van der Waals surface area contributed by atoms with Gasteiger partial charge in [-0.25, -0.2) is 9.55 Å². The second kappa shape index (κ2) is 5.92. The molecule has 1 saturated heterocycles. The van der Waals surface area contributed by atoms with E-state index in [0.29, 0.717) is 19.0 Å². The van der Waals surface area contributed by atoms with Crippen LogP contribution in [-0.2, 0) is 16.0 Å². The molecule has 0 bridgehead atoms. The van der Waals surface area contributed by atoms with Crippen LogP contribution in [0.15, 0.2) is 6.20 Å². The Kier molecular flexibility index (Phi) is 4.27. The maximum atomic E-state index is 10.8. The zero-order valence-electron chi connectivity index (χ0n) is 10.4. The Morgan fingerprint density at radius 1 is 1.67 bits per heavy atom. The Labute approximate surface area is 105 Å². The zero-order valence-corrected chi connectivity index (χ0v) is 10.4. The first-order valence-corrected chi connectivity index (χ1v) is 6.08. The number of ether oxygens (including phenoxy) is 2. The average Bonchev–Trinajstić information content (AvgIpc) is 2.73. The molecule has 0 aliphatic carbocycles. The third kappa shape index (κ3) is 3.05. The van der Waals surface area contributed by atoms with Crippen molar-refractivity contribution in [3.63, 3.8) is 0 Å². The average molecular weight is 255 g/mol. The highest BCUT2D eigenvalue weighted by Gasteiger charge is 2.18. The number of nitrogens with zero attached hydrogens (tertiary/aromatic N) is 3. The number of imidazole rings is 1. The van der Waals surface area contributed by atoms with Crippen LogP contribution >= 0.6 is 0 Å². The molecule has 18 heavy (non-hydrogen) atoms. The Balaban J connectivity index is 1.85. The number of rotatable bonds is 5. The van der Waals surface area contributed by atoms with Crippen molar-refractivity contribution in [2.24, 2.45) is 0 Å². The molecule has 1 aliphatic heterocycles. The summed E-state index contributed by atoms with van der Waals surface area (Å²) in [5.74, 6) is 0.621. The van der Waals surface area contributed by atoms with Crippen molar-refractivity contribution in [1.29, 1.82) is 0 Å². The monoisotopic (exact) mass is 255 g/mol. The lowest BCUT2D eigenvalue weighted by atomic mass is 10.2. The van der Waals surface area contributed by atoms with Gasteiger partial charge in [0.1, 0.15) is 12.7 Å². The van der Waals surface area contributed by atoms with E-state index in [0.717, 1.165) is 25.9 Å². The first-order valence-electron chi connectivity index (χ1n) is 6.08. The van der Waals surface area contributed by atoms with Crippen molar-refractivity contribution < 1.29 is 14.4 Å². The number of hydrogen-bond acceptors (Lipinski definition) is 5. The molecule has 0 spiro atoms. The van der Waals surface area contributed by atoms with Crippen LogP contribution in [0.3, 0.4) is 0 Å². The Hall–Kier alpha value is -1.47. The van der Waals surface area contributed by atoms with E-state index in [9.17, 15) is 10.1 Å². The molecule has 1 aromatic heterocycles. The normalized spacial score (nSPS) is 19.9. The third-order valence-corrected chi connectivity index (χ3v) is 2.98. The van der Waals surface area contributed by atoms with Gasteiger partial charge >= 0.3 is 5.82 Å². The zero-order chi connectivity index (χ0) is 13.0. The van der Waals surface area contributed by atoms with Crippen molar-refractivity contribution in [1.82, 2.24) is 9.55 Å². The van der Waals surface area contributed by atoms with Gasteiger partial charge in [0.05, 0.1) is 6.61 Å². The summed E-state index contributed by atoms with van der Waals surface area (Å²) in [5, 5.41) is 10.8. The van der Waals surface area contributed by atoms with Crippen LogP contribution in [0.25, 0.3) is 0 Å². The van der Waals surface area contributed by atoms with E-state index in [1.165, 1.54) is 6.20 Å².